The van der Waals surface area contributed by atoms with E-state index < -0.39 is 0 Å². The predicted octanol–water partition coefficient (Wildman–Crippen LogP) is 4.58. The highest BCUT2D eigenvalue weighted by Crippen LogP contribution is 2.45. The minimum Gasteiger partial charge on any atom is -0.484 e. The van der Waals surface area contributed by atoms with E-state index >= 15 is 0 Å². The fourth-order valence-corrected chi connectivity index (χ4v) is 3.82. The molecule has 0 fully saturated rings. The van der Waals surface area contributed by atoms with Crippen molar-refractivity contribution in [2.24, 2.45) is 0 Å². The molecule has 1 N–H and O–H groups in total. The van der Waals surface area contributed by atoms with E-state index in [9.17, 15) is 9.18 Å². The first-order chi connectivity index (χ1) is 13.0. The average molecular weight is 366 g/mol. The van der Waals surface area contributed by atoms with Gasteiger partial charge in [0.2, 0.25) is 0 Å². The summed E-state index contributed by atoms with van der Waals surface area (Å²) in [6.07, 6.45) is -0.149. The second-order valence-corrected chi connectivity index (χ2v) is 6.99. The normalized spacial score (nSPS) is 20.5. The summed E-state index contributed by atoms with van der Waals surface area (Å²) in [6, 6.07) is 10.6. The number of amides is 1. The summed E-state index contributed by atoms with van der Waals surface area (Å²) >= 11 is 0. The van der Waals surface area contributed by atoms with Crippen LogP contribution in [0.1, 0.15) is 49.1 Å². The van der Waals surface area contributed by atoms with Gasteiger partial charge in [-0.3, -0.25) is 9.69 Å². The van der Waals surface area contributed by atoms with Crippen LogP contribution in [0.5, 0.6) is 0 Å². The van der Waals surface area contributed by atoms with Gasteiger partial charge in [0.15, 0.2) is 0 Å². The molecule has 0 bridgehead atoms. The van der Waals surface area contributed by atoms with Gasteiger partial charge in [-0.1, -0.05) is 32.0 Å². The monoisotopic (exact) mass is 366 g/mol. The molecular formula is C22H23FN2O2. The van der Waals surface area contributed by atoms with Crippen LogP contribution >= 0.6 is 0 Å². The Bertz CT molecular complexity index is 947. The molecule has 2 aliphatic rings. The molecule has 2 aromatic carbocycles. The van der Waals surface area contributed by atoms with Gasteiger partial charge in [-0.05, 0) is 43.8 Å². The van der Waals surface area contributed by atoms with Crippen molar-refractivity contribution in [3.63, 3.8) is 0 Å². The second kappa shape index (κ2) is 6.82. The molecule has 0 saturated carbocycles. The molecule has 0 saturated heterocycles. The quantitative estimate of drug-likeness (QED) is 0.806. The molecule has 0 aromatic heterocycles. The van der Waals surface area contributed by atoms with Crippen molar-refractivity contribution in [2.45, 2.75) is 33.4 Å². The molecule has 1 unspecified atom stereocenters. The Morgan fingerprint density at radius 1 is 1.11 bits per heavy atom. The topological polar surface area (TPSA) is 41.6 Å². The number of ether oxygens (including phenoxy) is 1. The molecule has 0 spiro atoms. The number of fused-ring (bicyclic) bond motifs is 2. The molecule has 140 valence electrons. The number of hydrogen-bond acceptors (Lipinski definition) is 3. The van der Waals surface area contributed by atoms with E-state index in [2.05, 4.69) is 36.2 Å². The highest BCUT2D eigenvalue weighted by atomic mass is 19.1. The van der Waals surface area contributed by atoms with Crippen molar-refractivity contribution >= 4 is 22.9 Å². The zero-order chi connectivity index (χ0) is 19.1. The Hall–Kier alpha value is -2.66. The number of carbonyl (C=O) groups excluding carboxylic acids is 1. The zero-order valence-electron chi connectivity index (χ0n) is 15.8. The van der Waals surface area contributed by atoms with Gasteiger partial charge in [0.05, 0.1) is 5.57 Å². The summed E-state index contributed by atoms with van der Waals surface area (Å²) in [5.41, 5.74) is 4.79. The van der Waals surface area contributed by atoms with Crippen LogP contribution in [0, 0.1) is 5.82 Å². The summed E-state index contributed by atoms with van der Waals surface area (Å²) in [5.74, 6) is -0.0872. The number of nitrogens with one attached hydrogen (secondary N) is 1. The first-order valence-corrected chi connectivity index (χ1v) is 9.39. The molecule has 2 heterocycles. The van der Waals surface area contributed by atoms with Crippen LogP contribution in [-0.2, 0) is 16.1 Å². The SMILES string of the molecule is CCN(CC)Cc1ccc2c(c1)C(C)OC2=C1C(=O)Nc2ccc(F)cc21. The molecule has 0 radical (unpaired) electrons. The van der Waals surface area contributed by atoms with Crippen LogP contribution < -0.4 is 5.32 Å². The van der Waals surface area contributed by atoms with Crippen molar-refractivity contribution in [1.29, 1.82) is 0 Å². The third-order valence-electron chi connectivity index (χ3n) is 5.35. The van der Waals surface area contributed by atoms with Crippen LogP contribution in [0.2, 0.25) is 0 Å². The minimum absolute atomic E-state index is 0.149. The lowest BCUT2D eigenvalue weighted by Crippen LogP contribution is -2.22. The standard InChI is InChI=1S/C22H23FN2O2/c1-4-25(5-2)12-14-6-8-16-17(10-14)13(3)27-21(16)20-18-11-15(23)7-9-19(18)24-22(20)26/h6-11,13H,4-5,12H2,1-3H3,(H,24,26). The molecule has 1 atom stereocenters. The third kappa shape index (κ3) is 3.02. The van der Waals surface area contributed by atoms with Crippen molar-refractivity contribution in [3.05, 3.63) is 64.5 Å². The fourth-order valence-electron chi connectivity index (χ4n) is 3.82. The number of rotatable bonds is 4. The molecule has 4 nitrogen and oxygen atoms in total. The first kappa shape index (κ1) is 17.7. The van der Waals surface area contributed by atoms with E-state index in [-0.39, 0.29) is 17.8 Å². The van der Waals surface area contributed by atoms with Crippen molar-refractivity contribution in [1.82, 2.24) is 4.90 Å². The summed E-state index contributed by atoms with van der Waals surface area (Å²) in [6.45, 7) is 9.16. The first-order valence-electron chi connectivity index (χ1n) is 9.39. The Kier molecular flexibility index (Phi) is 4.48. The Labute approximate surface area is 158 Å². The Morgan fingerprint density at radius 2 is 1.89 bits per heavy atom. The number of carbonyl (C=O) groups is 1. The summed E-state index contributed by atoms with van der Waals surface area (Å²) < 4.78 is 19.8. The van der Waals surface area contributed by atoms with Gasteiger partial charge in [0.1, 0.15) is 17.7 Å². The molecule has 2 aromatic rings. The van der Waals surface area contributed by atoms with Gasteiger partial charge in [0, 0.05) is 28.9 Å². The smallest absolute Gasteiger partial charge is 0.260 e. The summed E-state index contributed by atoms with van der Waals surface area (Å²) in [7, 11) is 0. The number of nitrogens with zero attached hydrogens (tertiary/aromatic N) is 1. The van der Waals surface area contributed by atoms with Crippen LogP contribution in [0.3, 0.4) is 0 Å². The Morgan fingerprint density at radius 3 is 2.63 bits per heavy atom. The zero-order valence-corrected chi connectivity index (χ0v) is 15.8. The lowest BCUT2D eigenvalue weighted by Gasteiger charge is -2.18. The van der Waals surface area contributed by atoms with Crippen LogP contribution in [0.4, 0.5) is 10.1 Å². The number of benzene rings is 2. The molecule has 1 amide bonds. The van der Waals surface area contributed by atoms with Crippen molar-refractivity contribution < 1.29 is 13.9 Å². The highest BCUT2D eigenvalue weighted by molar-refractivity contribution is 6.36. The maximum atomic E-state index is 13.8. The van der Waals surface area contributed by atoms with E-state index in [0.717, 1.165) is 30.8 Å². The molecule has 27 heavy (non-hydrogen) atoms. The number of hydrogen-bond donors (Lipinski definition) is 1. The third-order valence-corrected chi connectivity index (χ3v) is 5.35. The molecular weight excluding hydrogens is 343 g/mol. The van der Waals surface area contributed by atoms with Crippen molar-refractivity contribution in [3.8, 4) is 0 Å². The van der Waals surface area contributed by atoms with Gasteiger partial charge in [-0.2, -0.15) is 0 Å². The lowest BCUT2D eigenvalue weighted by atomic mass is 9.97. The maximum Gasteiger partial charge on any atom is 0.260 e. The summed E-state index contributed by atoms with van der Waals surface area (Å²) in [5, 5.41) is 2.80. The second-order valence-electron chi connectivity index (χ2n) is 6.99. The predicted molar refractivity (Wildman–Crippen MR) is 104 cm³/mol. The van der Waals surface area contributed by atoms with Gasteiger partial charge in [0.25, 0.3) is 5.91 Å². The molecule has 5 heteroatoms. The number of anilines is 1. The molecule has 0 aliphatic carbocycles. The van der Waals surface area contributed by atoms with Gasteiger partial charge in [-0.15, -0.1) is 0 Å². The van der Waals surface area contributed by atoms with Crippen LogP contribution in [0.15, 0.2) is 36.4 Å². The highest BCUT2D eigenvalue weighted by Gasteiger charge is 2.35. The largest absolute Gasteiger partial charge is 0.484 e. The minimum atomic E-state index is -0.371. The number of halogens is 1. The molecule has 4 rings (SSSR count). The average Bonchev–Trinajstić information content (AvgIpc) is 3.15. The molecule has 2 aliphatic heterocycles. The van der Waals surface area contributed by atoms with Crippen LogP contribution in [0.25, 0.3) is 11.3 Å². The van der Waals surface area contributed by atoms with E-state index in [1.807, 2.05) is 13.0 Å². The van der Waals surface area contributed by atoms with Gasteiger partial charge < -0.3 is 10.1 Å². The summed E-state index contributed by atoms with van der Waals surface area (Å²) in [4.78, 5) is 14.9. The fraction of sp³-hybridized carbons (Fsp3) is 0.318. The van der Waals surface area contributed by atoms with Crippen LogP contribution in [-0.4, -0.2) is 23.9 Å². The maximum absolute atomic E-state index is 13.8. The lowest BCUT2D eigenvalue weighted by molar-refractivity contribution is -0.110. The van der Waals surface area contributed by atoms with E-state index in [1.165, 1.54) is 17.7 Å². The van der Waals surface area contributed by atoms with E-state index in [4.69, 9.17) is 4.74 Å². The Balaban J connectivity index is 1.78. The van der Waals surface area contributed by atoms with Crippen molar-refractivity contribution in [2.75, 3.05) is 18.4 Å². The van der Waals surface area contributed by atoms with Gasteiger partial charge >= 0.3 is 0 Å². The van der Waals surface area contributed by atoms with E-state index in [0.29, 0.717) is 22.6 Å². The van der Waals surface area contributed by atoms with E-state index in [1.54, 1.807) is 6.07 Å². The van der Waals surface area contributed by atoms with Gasteiger partial charge in [-0.25, -0.2) is 4.39 Å².